The summed E-state index contributed by atoms with van der Waals surface area (Å²) in [6, 6.07) is 11.3. The fraction of sp³-hybridized carbons (Fsp3) is 0.176. The van der Waals surface area contributed by atoms with Gasteiger partial charge in [-0.15, -0.1) is 0 Å². The van der Waals surface area contributed by atoms with Gasteiger partial charge in [0, 0.05) is 10.7 Å². The van der Waals surface area contributed by atoms with E-state index in [1.807, 2.05) is 0 Å². The number of methoxy groups -OCH3 is 1. The number of hydrogen-bond donors (Lipinski definition) is 1. The lowest BCUT2D eigenvalue weighted by Gasteiger charge is -2.15. The van der Waals surface area contributed by atoms with Crippen LogP contribution in [0.15, 0.2) is 42.5 Å². The molecule has 0 spiro atoms. The zero-order valence-electron chi connectivity index (χ0n) is 13.0. The van der Waals surface area contributed by atoms with Crippen LogP contribution in [0.5, 0.6) is 5.75 Å². The zero-order chi connectivity index (χ0) is 17.7. The van der Waals surface area contributed by atoms with E-state index in [4.69, 9.17) is 27.9 Å². The van der Waals surface area contributed by atoms with Crippen LogP contribution < -0.4 is 10.1 Å². The summed E-state index contributed by atoms with van der Waals surface area (Å²) in [6.45, 7) is 1.60. The number of benzene rings is 2. The van der Waals surface area contributed by atoms with E-state index in [9.17, 15) is 9.59 Å². The topological polar surface area (TPSA) is 64.6 Å². The van der Waals surface area contributed by atoms with Crippen LogP contribution in [0.4, 0.5) is 5.69 Å². The number of carbonyl (C=O) groups is 2. The number of halogens is 2. The monoisotopic (exact) mass is 367 g/mol. The smallest absolute Gasteiger partial charge is 0.339 e. The number of amides is 1. The number of ether oxygens (including phenoxy) is 2. The van der Waals surface area contributed by atoms with Crippen molar-refractivity contribution in [2.24, 2.45) is 0 Å². The molecule has 0 aliphatic rings. The Kier molecular flexibility index (Phi) is 6.06. The highest BCUT2D eigenvalue weighted by atomic mass is 35.5. The normalized spacial score (nSPS) is 11.5. The first-order valence-electron chi connectivity index (χ1n) is 7.01. The first kappa shape index (κ1) is 18.1. The lowest BCUT2D eigenvalue weighted by Crippen LogP contribution is -2.30. The molecule has 1 atom stereocenters. The highest BCUT2D eigenvalue weighted by Crippen LogP contribution is 2.22. The van der Waals surface area contributed by atoms with E-state index >= 15 is 0 Å². The van der Waals surface area contributed by atoms with Gasteiger partial charge in [-0.25, -0.2) is 4.79 Å². The molecular weight excluding hydrogens is 353 g/mol. The second kappa shape index (κ2) is 8.04. The number of anilines is 1. The molecule has 2 rings (SSSR count). The van der Waals surface area contributed by atoms with E-state index < -0.39 is 12.1 Å². The average Bonchev–Trinajstić information content (AvgIpc) is 2.55. The third-order valence-corrected chi connectivity index (χ3v) is 3.68. The third kappa shape index (κ3) is 4.63. The maximum Gasteiger partial charge on any atom is 0.339 e. The van der Waals surface area contributed by atoms with E-state index in [-0.39, 0.29) is 16.5 Å². The van der Waals surface area contributed by atoms with Crippen LogP contribution in [0.1, 0.15) is 17.3 Å². The maximum absolute atomic E-state index is 12.2. The second-order valence-corrected chi connectivity index (χ2v) is 5.74. The lowest BCUT2D eigenvalue weighted by atomic mass is 10.2. The van der Waals surface area contributed by atoms with Gasteiger partial charge in [-0.05, 0) is 43.3 Å². The summed E-state index contributed by atoms with van der Waals surface area (Å²) in [5.74, 6) is -0.482. The van der Waals surface area contributed by atoms with Crippen molar-refractivity contribution in [1.29, 1.82) is 0 Å². The summed E-state index contributed by atoms with van der Waals surface area (Å²) in [6.07, 6.45) is -0.763. The Bertz CT molecular complexity index is 764. The highest BCUT2D eigenvalue weighted by Gasteiger charge is 2.17. The van der Waals surface area contributed by atoms with Gasteiger partial charge >= 0.3 is 5.97 Å². The molecule has 7 heteroatoms. The number of nitrogens with one attached hydrogen (secondary N) is 1. The van der Waals surface area contributed by atoms with Crippen LogP contribution in [0.25, 0.3) is 0 Å². The fourth-order valence-corrected chi connectivity index (χ4v) is 2.29. The summed E-state index contributed by atoms with van der Waals surface area (Å²) in [5.41, 5.74) is 0.576. The summed E-state index contributed by atoms with van der Waals surface area (Å²) in [5, 5.41) is 3.41. The summed E-state index contributed by atoms with van der Waals surface area (Å²) < 4.78 is 10.2. The summed E-state index contributed by atoms with van der Waals surface area (Å²) >= 11 is 11.8. The van der Waals surface area contributed by atoms with Crippen LogP contribution in [-0.4, -0.2) is 25.1 Å². The Balaban J connectivity index is 2.07. The van der Waals surface area contributed by atoms with Crippen LogP contribution in [0, 0.1) is 0 Å². The molecule has 0 aliphatic heterocycles. The van der Waals surface area contributed by atoms with Crippen molar-refractivity contribution in [2.45, 2.75) is 13.0 Å². The van der Waals surface area contributed by atoms with Gasteiger partial charge in [-0.2, -0.15) is 0 Å². The van der Waals surface area contributed by atoms with Gasteiger partial charge in [0.25, 0.3) is 5.91 Å². The molecule has 0 bridgehead atoms. The zero-order valence-corrected chi connectivity index (χ0v) is 14.5. The minimum Gasteiger partial charge on any atom is -0.481 e. The molecule has 24 heavy (non-hydrogen) atoms. The first-order valence-corrected chi connectivity index (χ1v) is 7.77. The van der Waals surface area contributed by atoms with Crippen LogP contribution in [0.3, 0.4) is 0 Å². The van der Waals surface area contributed by atoms with Gasteiger partial charge in [-0.1, -0.05) is 29.3 Å². The van der Waals surface area contributed by atoms with Crippen molar-refractivity contribution in [3.63, 3.8) is 0 Å². The Hall–Kier alpha value is -2.24. The molecular formula is C17H15Cl2NO4. The van der Waals surface area contributed by atoms with Crippen LogP contribution >= 0.6 is 23.2 Å². The molecule has 126 valence electrons. The van der Waals surface area contributed by atoms with Gasteiger partial charge in [0.05, 0.1) is 17.7 Å². The van der Waals surface area contributed by atoms with E-state index in [2.05, 4.69) is 10.1 Å². The number of esters is 1. The van der Waals surface area contributed by atoms with Gasteiger partial charge in [0.1, 0.15) is 5.75 Å². The molecule has 1 N–H and O–H groups in total. The van der Waals surface area contributed by atoms with Crippen molar-refractivity contribution < 1.29 is 19.1 Å². The van der Waals surface area contributed by atoms with Crippen molar-refractivity contribution in [1.82, 2.24) is 0 Å². The SMILES string of the molecule is COC(=O)c1cc(NC(=O)[C@H](C)Oc2cccc(Cl)c2)ccc1Cl. The predicted molar refractivity (Wildman–Crippen MR) is 93.0 cm³/mol. The lowest BCUT2D eigenvalue weighted by molar-refractivity contribution is -0.122. The molecule has 0 radical (unpaired) electrons. The molecule has 5 nitrogen and oxygen atoms in total. The molecule has 0 fully saturated rings. The molecule has 2 aromatic carbocycles. The largest absolute Gasteiger partial charge is 0.481 e. The molecule has 0 saturated carbocycles. The van der Waals surface area contributed by atoms with Crippen molar-refractivity contribution >= 4 is 40.8 Å². The van der Waals surface area contributed by atoms with E-state index in [0.29, 0.717) is 16.5 Å². The molecule has 0 unspecified atom stereocenters. The molecule has 2 aromatic rings. The minimum absolute atomic E-state index is 0.167. The van der Waals surface area contributed by atoms with Gasteiger partial charge in [0.15, 0.2) is 6.10 Å². The number of carbonyl (C=O) groups excluding carboxylic acids is 2. The fourth-order valence-electron chi connectivity index (χ4n) is 1.91. The van der Waals surface area contributed by atoms with Gasteiger partial charge in [-0.3, -0.25) is 4.79 Å². The van der Waals surface area contributed by atoms with E-state index in [0.717, 1.165) is 0 Å². The molecule has 0 aromatic heterocycles. The average molecular weight is 368 g/mol. The molecule has 0 heterocycles. The Morgan fingerprint density at radius 3 is 2.54 bits per heavy atom. The molecule has 0 saturated heterocycles. The minimum atomic E-state index is -0.763. The Morgan fingerprint density at radius 1 is 1.12 bits per heavy atom. The van der Waals surface area contributed by atoms with Crippen LogP contribution in [-0.2, 0) is 9.53 Å². The van der Waals surface area contributed by atoms with Gasteiger partial charge < -0.3 is 14.8 Å². The quantitative estimate of drug-likeness (QED) is 0.804. The predicted octanol–water partition coefficient (Wildman–Crippen LogP) is 4.19. The summed E-state index contributed by atoms with van der Waals surface area (Å²) in [4.78, 5) is 23.8. The maximum atomic E-state index is 12.2. The standard InChI is InChI=1S/C17H15Cl2NO4/c1-10(24-13-5-3-4-11(18)8-13)16(21)20-12-6-7-15(19)14(9-12)17(22)23-2/h3-10H,1-2H3,(H,20,21)/t10-/m0/s1. The van der Waals surface area contributed by atoms with Crippen molar-refractivity contribution in [3.8, 4) is 5.75 Å². The van der Waals surface area contributed by atoms with E-state index in [1.54, 1.807) is 37.3 Å². The molecule has 0 aliphatic carbocycles. The number of hydrogen-bond acceptors (Lipinski definition) is 4. The highest BCUT2D eigenvalue weighted by molar-refractivity contribution is 6.33. The first-order chi connectivity index (χ1) is 11.4. The number of rotatable bonds is 5. The summed E-state index contributed by atoms with van der Waals surface area (Å²) in [7, 11) is 1.25. The van der Waals surface area contributed by atoms with E-state index in [1.165, 1.54) is 19.2 Å². The van der Waals surface area contributed by atoms with Crippen molar-refractivity contribution in [3.05, 3.63) is 58.1 Å². The van der Waals surface area contributed by atoms with Crippen LogP contribution in [0.2, 0.25) is 10.0 Å². The van der Waals surface area contributed by atoms with Gasteiger partial charge in [0.2, 0.25) is 0 Å². The second-order valence-electron chi connectivity index (χ2n) is 4.89. The Morgan fingerprint density at radius 2 is 1.88 bits per heavy atom. The third-order valence-electron chi connectivity index (χ3n) is 3.12. The Labute approximate surface area is 149 Å². The molecule has 1 amide bonds. The van der Waals surface area contributed by atoms with Crippen molar-refractivity contribution in [2.75, 3.05) is 12.4 Å².